The third-order valence-corrected chi connectivity index (χ3v) is 7.38. The van der Waals surface area contributed by atoms with E-state index in [1.165, 1.54) is 11.3 Å². The molecule has 0 atom stereocenters. The van der Waals surface area contributed by atoms with E-state index >= 15 is 0 Å². The fourth-order valence-electron chi connectivity index (χ4n) is 3.58. The van der Waals surface area contributed by atoms with Gasteiger partial charge < -0.3 is 14.8 Å². The molecule has 0 unspecified atom stereocenters. The van der Waals surface area contributed by atoms with E-state index in [1.54, 1.807) is 31.4 Å². The molecule has 0 aliphatic heterocycles. The number of carbonyl (C=O) groups is 1. The Bertz CT molecular complexity index is 1320. The second-order valence-electron chi connectivity index (χ2n) is 7.76. The van der Waals surface area contributed by atoms with E-state index in [4.69, 9.17) is 9.47 Å². The molecule has 2 aromatic carbocycles. The van der Waals surface area contributed by atoms with Crippen LogP contribution >= 0.6 is 23.1 Å². The SMILES string of the molecule is COc1ccc(CCNC(=O)c2csc(CSc3nnc(C)n3-c3ccccc3C)n2)cc1OC. The summed E-state index contributed by atoms with van der Waals surface area (Å²) in [5.74, 6) is 2.60. The molecule has 1 N–H and O–H groups in total. The van der Waals surface area contributed by atoms with E-state index in [2.05, 4.69) is 44.1 Å². The van der Waals surface area contributed by atoms with E-state index in [0.29, 0.717) is 35.9 Å². The van der Waals surface area contributed by atoms with Crippen LogP contribution in [0.1, 0.15) is 32.4 Å². The molecule has 4 aromatic rings. The Morgan fingerprint density at radius 3 is 2.66 bits per heavy atom. The number of amides is 1. The Labute approximate surface area is 212 Å². The van der Waals surface area contributed by atoms with Crippen molar-refractivity contribution in [3.63, 3.8) is 0 Å². The van der Waals surface area contributed by atoms with Crippen molar-refractivity contribution >= 4 is 29.0 Å². The zero-order valence-electron chi connectivity index (χ0n) is 20.1. The fraction of sp³-hybridized carbons (Fsp3) is 0.280. The molecule has 0 aliphatic carbocycles. The van der Waals surface area contributed by atoms with Gasteiger partial charge in [-0.1, -0.05) is 36.0 Å². The van der Waals surface area contributed by atoms with Crippen molar-refractivity contribution in [2.45, 2.75) is 31.2 Å². The first-order valence-corrected chi connectivity index (χ1v) is 12.9. The molecule has 1 amide bonds. The van der Waals surface area contributed by atoms with Crippen LogP contribution in [0.15, 0.2) is 53.0 Å². The number of thioether (sulfide) groups is 1. The van der Waals surface area contributed by atoms with Crippen molar-refractivity contribution in [2.75, 3.05) is 20.8 Å². The molecule has 2 aromatic heterocycles. The summed E-state index contributed by atoms with van der Waals surface area (Å²) >= 11 is 3.02. The van der Waals surface area contributed by atoms with E-state index in [1.807, 2.05) is 37.3 Å². The average Bonchev–Trinajstić information content (AvgIpc) is 3.49. The Balaban J connectivity index is 1.33. The first-order valence-electron chi connectivity index (χ1n) is 11.0. The topological polar surface area (TPSA) is 91.2 Å². The van der Waals surface area contributed by atoms with Crippen LogP contribution in [0.5, 0.6) is 11.5 Å². The van der Waals surface area contributed by atoms with Crippen LogP contribution in [0.25, 0.3) is 5.69 Å². The molecule has 10 heteroatoms. The molecule has 8 nitrogen and oxygen atoms in total. The number of aryl methyl sites for hydroxylation is 2. The molecular formula is C25H27N5O3S2. The first-order chi connectivity index (χ1) is 17.0. The second-order valence-corrected chi connectivity index (χ2v) is 9.65. The number of para-hydroxylation sites is 1. The van der Waals surface area contributed by atoms with Crippen LogP contribution in [0, 0.1) is 13.8 Å². The lowest BCUT2D eigenvalue weighted by atomic mass is 10.1. The van der Waals surface area contributed by atoms with Crippen LogP contribution < -0.4 is 14.8 Å². The predicted molar refractivity (Wildman–Crippen MR) is 138 cm³/mol. The monoisotopic (exact) mass is 509 g/mol. The highest BCUT2D eigenvalue weighted by Gasteiger charge is 2.15. The number of thiazole rings is 1. The van der Waals surface area contributed by atoms with E-state index < -0.39 is 0 Å². The van der Waals surface area contributed by atoms with Gasteiger partial charge in [0.1, 0.15) is 16.5 Å². The summed E-state index contributed by atoms with van der Waals surface area (Å²) in [5, 5.41) is 15.0. The van der Waals surface area contributed by atoms with Crippen molar-refractivity contribution < 1.29 is 14.3 Å². The Kier molecular flexibility index (Phi) is 8.04. The molecule has 0 fully saturated rings. The Morgan fingerprint density at radius 2 is 1.89 bits per heavy atom. The summed E-state index contributed by atoms with van der Waals surface area (Å²) in [5.41, 5.74) is 3.69. The van der Waals surface area contributed by atoms with Crippen LogP contribution in [-0.2, 0) is 12.2 Å². The molecule has 0 saturated carbocycles. The highest BCUT2D eigenvalue weighted by molar-refractivity contribution is 7.98. The number of methoxy groups -OCH3 is 2. The van der Waals surface area contributed by atoms with Gasteiger partial charge in [-0.05, 0) is 49.6 Å². The van der Waals surface area contributed by atoms with Gasteiger partial charge in [0.15, 0.2) is 16.7 Å². The van der Waals surface area contributed by atoms with Crippen LogP contribution in [-0.4, -0.2) is 46.4 Å². The lowest BCUT2D eigenvalue weighted by Gasteiger charge is -2.10. The smallest absolute Gasteiger partial charge is 0.270 e. The summed E-state index contributed by atoms with van der Waals surface area (Å²) in [6.45, 7) is 4.51. The number of nitrogens with zero attached hydrogens (tertiary/aromatic N) is 4. The van der Waals surface area contributed by atoms with Gasteiger partial charge in [-0.2, -0.15) is 0 Å². The van der Waals surface area contributed by atoms with E-state index in [0.717, 1.165) is 32.8 Å². The maximum Gasteiger partial charge on any atom is 0.270 e. The summed E-state index contributed by atoms with van der Waals surface area (Å²) in [6, 6.07) is 13.9. The molecule has 2 heterocycles. The molecular weight excluding hydrogens is 482 g/mol. The Hall–Kier alpha value is -3.37. The van der Waals surface area contributed by atoms with Crippen molar-refractivity contribution in [3.05, 3.63) is 75.5 Å². The highest BCUT2D eigenvalue weighted by Crippen LogP contribution is 2.28. The average molecular weight is 510 g/mol. The van der Waals surface area contributed by atoms with Gasteiger partial charge in [0.25, 0.3) is 5.91 Å². The van der Waals surface area contributed by atoms with Crippen molar-refractivity contribution in [2.24, 2.45) is 0 Å². The zero-order chi connectivity index (χ0) is 24.8. The second kappa shape index (κ2) is 11.4. The highest BCUT2D eigenvalue weighted by atomic mass is 32.2. The van der Waals surface area contributed by atoms with Crippen LogP contribution in [0.2, 0.25) is 0 Å². The maximum absolute atomic E-state index is 12.6. The predicted octanol–water partition coefficient (Wildman–Crippen LogP) is 4.62. The lowest BCUT2D eigenvalue weighted by Crippen LogP contribution is -2.26. The molecule has 35 heavy (non-hydrogen) atoms. The Morgan fingerprint density at radius 1 is 1.09 bits per heavy atom. The number of hydrogen-bond acceptors (Lipinski definition) is 8. The molecule has 4 rings (SSSR count). The van der Waals surface area contributed by atoms with E-state index in [-0.39, 0.29) is 5.91 Å². The first kappa shape index (κ1) is 24.7. The summed E-state index contributed by atoms with van der Waals surface area (Å²) in [7, 11) is 3.21. The normalized spacial score (nSPS) is 10.9. The van der Waals surface area contributed by atoms with Gasteiger partial charge in [-0.25, -0.2) is 4.98 Å². The minimum absolute atomic E-state index is 0.183. The zero-order valence-corrected chi connectivity index (χ0v) is 21.7. The summed E-state index contributed by atoms with van der Waals surface area (Å²) < 4.78 is 12.7. The fourth-order valence-corrected chi connectivity index (χ4v) is 5.37. The van der Waals surface area contributed by atoms with Crippen LogP contribution in [0.4, 0.5) is 0 Å². The molecule has 0 radical (unpaired) electrons. The molecule has 0 spiro atoms. The van der Waals surface area contributed by atoms with Crippen molar-refractivity contribution in [3.8, 4) is 17.2 Å². The minimum atomic E-state index is -0.183. The van der Waals surface area contributed by atoms with E-state index in [9.17, 15) is 4.79 Å². The number of ether oxygens (including phenoxy) is 2. The third-order valence-electron chi connectivity index (χ3n) is 5.41. The van der Waals surface area contributed by atoms with Gasteiger partial charge in [-0.15, -0.1) is 21.5 Å². The van der Waals surface area contributed by atoms with Crippen LogP contribution in [0.3, 0.4) is 0 Å². The number of hydrogen-bond donors (Lipinski definition) is 1. The lowest BCUT2D eigenvalue weighted by molar-refractivity contribution is 0.0949. The summed E-state index contributed by atoms with van der Waals surface area (Å²) in [6.07, 6.45) is 0.673. The molecule has 0 saturated heterocycles. The minimum Gasteiger partial charge on any atom is -0.493 e. The third kappa shape index (κ3) is 5.83. The number of benzene rings is 2. The quantitative estimate of drug-likeness (QED) is 0.312. The molecule has 0 bridgehead atoms. The molecule has 0 aliphatic rings. The van der Waals surface area contributed by atoms with Gasteiger partial charge in [-0.3, -0.25) is 9.36 Å². The number of nitrogens with one attached hydrogen (secondary N) is 1. The standard InChI is InChI=1S/C25H27N5O3S2/c1-16-7-5-6-8-20(16)30-17(2)28-29-25(30)35-15-23-27-19(14-34-23)24(31)26-12-11-18-9-10-21(32-3)22(13-18)33-4/h5-10,13-14H,11-12,15H2,1-4H3,(H,26,31). The van der Waals surface area contributed by atoms with Gasteiger partial charge in [0, 0.05) is 11.9 Å². The van der Waals surface area contributed by atoms with Crippen molar-refractivity contribution in [1.29, 1.82) is 0 Å². The molecule has 182 valence electrons. The largest absolute Gasteiger partial charge is 0.493 e. The van der Waals surface area contributed by atoms with Gasteiger partial charge in [0.2, 0.25) is 0 Å². The maximum atomic E-state index is 12.6. The number of aromatic nitrogens is 4. The summed E-state index contributed by atoms with van der Waals surface area (Å²) in [4.78, 5) is 17.1. The van der Waals surface area contributed by atoms with Crippen molar-refractivity contribution in [1.82, 2.24) is 25.1 Å². The number of rotatable bonds is 10. The number of carbonyl (C=O) groups excluding carboxylic acids is 1. The van der Waals surface area contributed by atoms with Gasteiger partial charge in [0.05, 0.1) is 25.7 Å². The van der Waals surface area contributed by atoms with Gasteiger partial charge >= 0.3 is 0 Å².